The Morgan fingerprint density at radius 1 is 1.16 bits per heavy atom. The van der Waals surface area contributed by atoms with Gasteiger partial charge in [0.2, 0.25) is 0 Å². The third kappa shape index (κ3) is 3.50. The summed E-state index contributed by atoms with van der Waals surface area (Å²) in [7, 11) is 2.34. The predicted octanol–water partition coefficient (Wildman–Crippen LogP) is 2.32. The first kappa shape index (κ1) is 15.3. The summed E-state index contributed by atoms with van der Waals surface area (Å²) in [4.78, 5) is 5.39. The van der Waals surface area contributed by atoms with Gasteiger partial charge in [0.25, 0.3) is 0 Å². The van der Waals surface area contributed by atoms with Gasteiger partial charge in [0, 0.05) is 37.3 Å². The second-order valence-corrected chi connectivity index (χ2v) is 6.54. The number of nitrogens with one attached hydrogen (secondary N) is 1. The summed E-state index contributed by atoms with van der Waals surface area (Å²) in [5, 5.41) is 3.74. The molecule has 2 saturated heterocycles. The van der Waals surface area contributed by atoms with Crippen molar-refractivity contribution in [3.05, 3.63) is 0 Å². The van der Waals surface area contributed by atoms with Crippen LogP contribution in [0.5, 0.6) is 0 Å². The number of hydrogen-bond donors (Lipinski definition) is 1. The molecule has 4 unspecified atom stereocenters. The van der Waals surface area contributed by atoms with Gasteiger partial charge in [-0.1, -0.05) is 13.8 Å². The first-order chi connectivity index (χ1) is 9.17. The van der Waals surface area contributed by atoms with E-state index in [-0.39, 0.29) is 0 Å². The Labute approximate surface area is 119 Å². The zero-order chi connectivity index (χ0) is 13.8. The first-order valence-corrected chi connectivity index (χ1v) is 8.36. The molecule has 2 aliphatic heterocycles. The van der Waals surface area contributed by atoms with Gasteiger partial charge >= 0.3 is 0 Å². The summed E-state index contributed by atoms with van der Waals surface area (Å²) in [6.07, 6.45) is 6.66. The lowest BCUT2D eigenvalue weighted by Gasteiger charge is -2.36. The molecule has 0 amide bonds. The molecule has 3 heteroatoms. The molecule has 2 fully saturated rings. The van der Waals surface area contributed by atoms with Crippen molar-refractivity contribution in [2.24, 2.45) is 0 Å². The van der Waals surface area contributed by atoms with E-state index in [1.807, 2.05) is 0 Å². The van der Waals surface area contributed by atoms with Gasteiger partial charge in [0.15, 0.2) is 0 Å². The smallest absolute Gasteiger partial charge is 0.0223 e. The van der Waals surface area contributed by atoms with E-state index in [4.69, 9.17) is 0 Å². The third-order valence-electron chi connectivity index (χ3n) is 5.43. The highest BCUT2D eigenvalue weighted by Crippen LogP contribution is 2.29. The van der Waals surface area contributed by atoms with Gasteiger partial charge in [-0.2, -0.15) is 0 Å². The number of likely N-dealkylation sites (N-methyl/N-ethyl adjacent to an activating group) is 1. The van der Waals surface area contributed by atoms with E-state index in [0.717, 1.165) is 18.6 Å². The van der Waals surface area contributed by atoms with Gasteiger partial charge in [-0.15, -0.1) is 0 Å². The van der Waals surface area contributed by atoms with Crippen LogP contribution in [0.3, 0.4) is 0 Å². The molecule has 0 aromatic heterocycles. The van der Waals surface area contributed by atoms with Crippen LogP contribution in [0, 0.1) is 0 Å². The Hall–Kier alpha value is -0.120. The number of fused-ring (bicyclic) bond motifs is 2. The van der Waals surface area contributed by atoms with Crippen molar-refractivity contribution in [3.8, 4) is 0 Å². The zero-order valence-corrected chi connectivity index (χ0v) is 13.4. The lowest BCUT2D eigenvalue weighted by molar-refractivity contribution is 0.148. The average molecular weight is 267 g/mol. The Balaban J connectivity index is 1.93. The molecular formula is C16H33N3. The fourth-order valence-electron chi connectivity index (χ4n) is 3.95. The third-order valence-corrected chi connectivity index (χ3v) is 5.43. The van der Waals surface area contributed by atoms with E-state index in [2.05, 4.69) is 42.9 Å². The highest BCUT2D eigenvalue weighted by Gasteiger charge is 2.36. The highest BCUT2D eigenvalue weighted by atomic mass is 15.3. The van der Waals surface area contributed by atoms with Crippen LogP contribution in [0.1, 0.15) is 52.9 Å². The molecule has 3 nitrogen and oxygen atoms in total. The molecule has 112 valence electrons. The molecule has 0 radical (unpaired) electrons. The van der Waals surface area contributed by atoms with Gasteiger partial charge in [-0.3, -0.25) is 9.80 Å². The van der Waals surface area contributed by atoms with E-state index >= 15 is 0 Å². The predicted molar refractivity (Wildman–Crippen MR) is 82.6 cm³/mol. The summed E-state index contributed by atoms with van der Waals surface area (Å²) in [6.45, 7) is 10.7. The lowest BCUT2D eigenvalue weighted by atomic mass is 10.0. The van der Waals surface area contributed by atoms with E-state index in [1.54, 1.807) is 0 Å². The molecule has 0 saturated carbocycles. The van der Waals surface area contributed by atoms with Crippen LogP contribution >= 0.6 is 0 Å². The van der Waals surface area contributed by atoms with Crippen LogP contribution in [0.15, 0.2) is 0 Å². The molecule has 2 rings (SSSR count). The van der Waals surface area contributed by atoms with Crippen molar-refractivity contribution in [3.63, 3.8) is 0 Å². The molecule has 2 bridgehead atoms. The maximum absolute atomic E-state index is 3.74. The second kappa shape index (κ2) is 7.05. The van der Waals surface area contributed by atoms with Crippen LogP contribution in [-0.2, 0) is 0 Å². The minimum Gasteiger partial charge on any atom is -0.312 e. The zero-order valence-electron chi connectivity index (χ0n) is 13.4. The molecular weight excluding hydrogens is 234 g/mol. The van der Waals surface area contributed by atoms with Gasteiger partial charge in [0.1, 0.15) is 0 Å². The van der Waals surface area contributed by atoms with Crippen LogP contribution in [-0.4, -0.2) is 60.6 Å². The minimum absolute atomic E-state index is 0.655. The normalized spacial score (nSPS) is 32.2. The molecule has 0 aliphatic carbocycles. The Kier molecular flexibility index (Phi) is 5.67. The lowest BCUT2D eigenvalue weighted by Crippen LogP contribution is -2.50. The Morgan fingerprint density at radius 3 is 2.58 bits per heavy atom. The summed E-state index contributed by atoms with van der Waals surface area (Å²) in [5.74, 6) is 0. The van der Waals surface area contributed by atoms with E-state index < -0.39 is 0 Å². The molecule has 0 aromatic carbocycles. The summed E-state index contributed by atoms with van der Waals surface area (Å²) in [5.41, 5.74) is 0. The van der Waals surface area contributed by atoms with Gasteiger partial charge in [-0.25, -0.2) is 0 Å². The fraction of sp³-hybridized carbons (Fsp3) is 1.00. The van der Waals surface area contributed by atoms with Crippen molar-refractivity contribution in [2.45, 2.75) is 77.0 Å². The van der Waals surface area contributed by atoms with Crippen LogP contribution in [0.25, 0.3) is 0 Å². The fourth-order valence-corrected chi connectivity index (χ4v) is 3.95. The van der Waals surface area contributed by atoms with Crippen molar-refractivity contribution >= 4 is 0 Å². The molecule has 0 spiro atoms. The maximum atomic E-state index is 3.74. The Bertz CT molecular complexity index is 269. The van der Waals surface area contributed by atoms with E-state index in [1.165, 1.54) is 45.2 Å². The SMILES string of the molecule is CCCNC(CC)C(C)N1CCC2CCC(C1)N2C. The molecule has 4 atom stereocenters. The minimum atomic E-state index is 0.655. The van der Waals surface area contributed by atoms with Crippen molar-refractivity contribution < 1.29 is 0 Å². The second-order valence-electron chi connectivity index (χ2n) is 6.54. The standard InChI is InChI=1S/C16H33N3/c1-5-10-17-16(6-2)13(3)19-11-9-14-7-8-15(12-19)18(14)4/h13-17H,5-12H2,1-4H3. The maximum Gasteiger partial charge on any atom is 0.0223 e. The van der Waals surface area contributed by atoms with E-state index in [0.29, 0.717) is 12.1 Å². The van der Waals surface area contributed by atoms with Gasteiger partial charge < -0.3 is 5.32 Å². The molecule has 0 aromatic rings. The summed E-state index contributed by atoms with van der Waals surface area (Å²) in [6, 6.07) is 2.98. The highest BCUT2D eigenvalue weighted by molar-refractivity contribution is 4.93. The number of likely N-dealkylation sites (tertiary alicyclic amines) is 1. The van der Waals surface area contributed by atoms with Crippen LogP contribution in [0.2, 0.25) is 0 Å². The quantitative estimate of drug-likeness (QED) is 0.797. The van der Waals surface area contributed by atoms with E-state index in [9.17, 15) is 0 Å². The number of nitrogens with zero attached hydrogens (tertiary/aromatic N) is 2. The number of rotatable bonds is 6. The van der Waals surface area contributed by atoms with Gasteiger partial charge in [0.05, 0.1) is 0 Å². The van der Waals surface area contributed by atoms with Crippen LogP contribution in [0.4, 0.5) is 0 Å². The molecule has 1 N–H and O–H groups in total. The van der Waals surface area contributed by atoms with Crippen molar-refractivity contribution in [1.29, 1.82) is 0 Å². The Morgan fingerprint density at radius 2 is 1.89 bits per heavy atom. The van der Waals surface area contributed by atoms with Crippen molar-refractivity contribution in [1.82, 2.24) is 15.1 Å². The largest absolute Gasteiger partial charge is 0.312 e. The van der Waals surface area contributed by atoms with Gasteiger partial charge in [-0.05, 0) is 52.6 Å². The molecule has 2 aliphatic rings. The summed E-state index contributed by atoms with van der Waals surface area (Å²) >= 11 is 0. The number of hydrogen-bond acceptors (Lipinski definition) is 3. The molecule has 19 heavy (non-hydrogen) atoms. The first-order valence-electron chi connectivity index (χ1n) is 8.36. The van der Waals surface area contributed by atoms with Crippen molar-refractivity contribution in [2.75, 3.05) is 26.7 Å². The molecule has 2 heterocycles. The summed E-state index contributed by atoms with van der Waals surface area (Å²) < 4.78 is 0. The van der Waals surface area contributed by atoms with Crippen LogP contribution < -0.4 is 5.32 Å². The topological polar surface area (TPSA) is 18.5 Å². The average Bonchev–Trinajstić information content (AvgIpc) is 2.64. The monoisotopic (exact) mass is 267 g/mol.